The molecule has 1 atom stereocenters. The first-order valence-electron chi connectivity index (χ1n) is 14.0. The summed E-state index contributed by atoms with van der Waals surface area (Å²) in [5.41, 5.74) is 0. The van der Waals surface area contributed by atoms with Gasteiger partial charge in [0.05, 0.1) is 13.2 Å². The van der Waals surface area contributed by atoms with Gasteiger partial charge in [0.15, 0.2) is 0 Å². The number of unbranched alkanes of at least 4 members (excludes halogenated alkanes) is 19. The maximum absolute atomic E-state index is 11.0. The Balaban J connectivity index is 3.11. The van der Waals surface area contributed by atoms with Crippen LogP contribution in [0.2, 0.25) is 0 Å². The number of aliphatic hydroxyl groups excluding tert-OH is 1. The molecule has 0 amide bonds. The Morgan fingerprint density at radius 2 is 0.903 bits per heavy atom. The van der Waals surface area contributed by atoms with Crippen molar-refractivity contribution in [1.82, 2.24) is 0 Å². The van der Waals surface area contributed by atoms with Crippen molar-refractivity contribution in [1.29, 1.82) is 0 Å². The van der Waals surface area contributed by atoms with Gasteiger partial charge in [-0.25, -0.2) is 0 Å². The van der Waals surface area contributed by atoms with E-state index in [1.165, 1.54) is 129 Å². The Hall–Kier alpha value is -0.570. The lowest BCUT2D eigenvalue weighted by atomic mass is 10.0. The Labute approximate surface area is 195 Å². The Kier molecular flexibility index (Phi) is 25.2. The molecular weight excluding hydrogens is 384 g/mol. The highest BCUT2D eigenvalue weighted by Crippen LogP contribution is 2.16. The van der Waals surface area contributed by atoms with Gasteiger partial charge in [-0.1, -0.05) is 135 Å². The van der Waals surface area contributed by atoms with E-state index in [-0.39, 0.29) is 12.1 Å². The third kappa shape index (κ3) is 25.6. The van der Waals surface area contributed by atoms with Crippen molar-refractivity contribution in [3.63, 3.8) is 0 Å². The van der Waals surface area contributed by atoms with E-state index in [1.807, 2.05) is 0 Å². The van der Waals surface area contributed by atoms with Gasteiger partial charge in [-0.3, -0.25) is 4.79 Å². The molecule has 0 fully saturated rings. The summed E-state index contributed by atoms with van der Waals surface area (Å²) in [6.45, 7) is 2.29. The Morgan fingerprint density at radius 1 is 0.581 bits per heavy atom. The second-order valence-corrected chi connectivity index (χ2v) is 9.63. The predicted octanol–water partition coefficient (Wildman–Crippen LogP) is 8.90. The minimum atomic E-state index is -0.250. The molecule has 0 saturated carbocycles. The molecule has 0 heterocycles. The number of rotatable bonds is 25. The van der Waals surface area contributed by atoms with Crippen molar-refractivity contribution in [3.8, 4) is 0 Å². The van der Waals surface area contributed by atoms with E-state index in [1.54, 1.807) is 0 Å². The monoisotopic (exact) mass is 440 g/mol. The molecule has 0 saturated heterocycles. The van der Waals surface area contributed by atoms with E-state index in [0.29, 0.717) is 12.8 Å². The molecule has 0 rings (SSSR count). The van der Waals surface area contributed by atoms with Gasteiger partial charge < -0.3 is 9.84 Å². The van der Waals surface area contributed by atoms with Gasteiger partial charge >= 0.3 is 5.97 Å². The van der Waals surface area contributed by atoms with Crippen LogP contribution in [-0.2, 0) is 9.53 Å². The SMILES string of the molecule is CCCCCCCCCCCCCCCCCCCCCC[C@H](O)CCCC(=O)OC. The quantitative estimate of drug-likeness (QED) is 0.114. The first-order chi connectivity index (χ1) is 15.2. The zero-order chi connectivity index (χ0) is 22.8. The largest absolute Gasteiger partial charge is 0.469 e. The summed E-state index contributed by atoms with van der Waals surface area (Å²) in [7, 11) is 1.41. The van der Waals surface area contributed by atoms with Crippen LogP contribution in [0.3, 0.4) is 0 Å². The number of hydrogen-bond acceptors (Lipinski definition) is 3. The topological polar surface area (TPSA) is 46.5 Å². The summed E-state index contributed by atoms with van der Waals surface area (Å²) in [6.07, 6.45) is 30.4. The second-order valence-electron chi connectivity index (χ2n) is 9.63. The summed E-state index contributed by atoms with van der Waals surface area (Å²) in [4.78, 5) is 11.0. The summed E-state index contributed by atoms with van der Waals surface area (Å²) in [5, 5.41) is 9.93. The average Bonchev–Trinajstić information content (AvgIpc) is 2.77. The first-order valence-corrected chi connectivity index (χ1v) is 14.0. The molecule has 0 aromatic heterocycles. The van der Waals surface area contributed by atoms with Gasteiger partial charge in [-0.15, -0.1) is 0 Å². The molecule has 0 aliphatic carbocycles. The number of aliphatic hydroxyl groups is 1. The molecule has 186 valence electrons. The van der Waals surface area contributed by atoms with Crippen LogP contribution in [0, 0.1) is 0 Å². The third-order valence-electron chi connectivity index (χ3n) is 6.54. The van der Waals surface area contributed by atoms with Crippen molar-refractivity contribution in [2.75, 3.05) is 7.11 Å². The number of hydrogen-bond donors (Lipinski definition) is 1. The minimum Gasteiger partial charge on any atom is -0.469 e. The Bertz CT molecular complexity index is 356. The lowest BCUT2D eigenvalue weighted by Crippen LogP contribution is -2.08. The standard InChI is InChI=1S/C28H56O3/c1-3-4-5-6-7-8-9-10-11-12-13-14-15-16-17-18-19-20-21-22-24-27(29)25-23-26-28(30)31-2/h27,29H,3-26H2,1-2H3/t27-/m0/s1. The molecule has 31 heavy (non-hydrogen) atoms. The molecule has 0 aliphatic rings. The second kappa shape index (κ2) is 25.7. The van der Waals surface area contributed by atoms with Crippen LogP contribution in [0.15, 0.2) is 0 Å². The van der Waals surface area contributed by atoms with Gasteiger partial charge in [-0.2, -0.15) is 0 Å². The number of carbonyl (C=O) groups is 1. The average molecular weight is 441 g/mol. The van der Waals surface area contributed by atoms with E-state index in [9.17, 15) is 9.90 Å². The summed E-state index contributed by atoms with van der Waals surface area (Å²) < 4.78 is 4.62. The van der Waals surface area contributed by atoms with E-state index < -0.39 is 0 Å². The van der Waals surface area contributed by atoms with Crippen molar-refractivity contribution in [2.24, 2.45) is 0 Å². The lowest BCUT2D eigenvalue weighted by Gasteiger charge is -2.09. The maximum Gasteiger partial charge on any atom is 0.305 e. The first kappa shape index (κ1) is 30.4. The van der Waals surface area contributed by atoms with Gasteiger partial charge in [0.1, 0.15) is 0 Å². The van der Waals surface area contributed by atoms with Crippen molar-refractivity contribution < 1.29 is 14.6 Å². The van der Waals surface area contributed by atoms with Crippen LogP contribution in [-0.4, -0.2) is 24.3 Å². The molecule has 0 spiro atoms. The highest BCUT2D eigenvalue weighted by atomic mass is 16.5. The van der Waals surface area contributed by atoms with Crippen molar-refractivity contribution in [2.45, 2.75) is 167 Å². The number of ether oxygens (including phenoxy) is 1. The lowest BCUT2D eigenvalue weighted by molar-refractivity contribution is -0.140. The maximum atomic E-state index is 11.0. The van der Waals surface area contributed by atoms with Crippen LogP contribution in [0.4, 0.5) is 0 Å². The zero-order valence-corrected chi connectivity index (χ0v) is 21.3. The fourth-order valence-electron chi connectivity index (χ4n) is 4.36. The van der Waals surface area contributed by atoms with Crippen molar-refractivity contribution >= 4 is 5.97 Å². The molecule has 3 heteroatoms. The number of methoxy groups -OCH3 is 1. The molecule has 0 unspecified atom stereocenters. The van der Waals surface area contributed by atoms with Crippen LogP contribution >= 0.6 is 0 Å². The minimum absolute atomic E-state index is 0.175. The van der Waals surface area contributed by atoms with E-state index in [0.717, 1.165) is 19.3 Å². The molecule has 0 aliphatic heterocycles. The van der Waals surface area contributed by atoms with Crippen LogP contribution in [0.25, 0.3) is 0 Å². The molecule has 0 aromatic rings. The van der Waals surface area contributed by atoms with Crippen molar-refractivity contribution in [3.05, 3.63) is 0 Å². The summed E-state index contributed by atoms with van der Waals surface area (Å²) in [6, 6.07) is 0. The van der Waals surface area contributed by atoms with Gasteiger partial charge in [0, 0.05) is 6.42 Å². The van der Waals surface area contributed by atoms with Crippen LogP contribution < -0.4 is 0 Å². The van der Waals surface area contributed by atoms with Gasteiger partial charge in [0.2, 0.25) is 0 Å². The number of esters is 1. The fourth-order valence-corrected chi connectivity index (χ4v) is 4.36. The van der Waals surface area contributed by atoms with E-state index >= 15 is 0 Å². The highest BCUT2D eigenvalue weighted by molar-refractivity contribution is 5.68. The zero-order valence-electron chi connectivity index (χ0n) is 21.3. The van der Waals surface area contributed by atoms with Crippen LogP contribution in [0.5, 0.6) is 0 Å². The fraction of sp³-hybridized carbons (Fsp3) is 0.964. The summed E-state index contributed by atoms with van der Waals surface area (Å²) in [5.74, 6) is -0.175. The van der Waals surface area contributed by atoms with E-state index in [2.05, 4.69) is 11.7 Å². The molecule has 0 radical (unpaired) electrons. The van der Waals surface area contributed by atoms with Gasteiger partial charge in [-0.05, 0) is 19.3 Å². The molecule has 0 aromatic carbocycles. The molecule has 0 bridgehead atoms. The van der Waals surface area contributed by atoms with E-state index in [4.69, 9.17) is 0 Å². The van der Waals surface area contributed by atoms with Crippen LogP contribution in [0.1, 0.15) is 161 Å². The molecular formula is C28H56O3. The number of carbonyl (C=O) groups excluding carboxylic acids is 1. The highest BCUT2D eigenvalue weighted by Gasteiger charge is 2.06. The Morgan fingerprint density at radius 3 is 1.26 bits per heavy atom. The summed E-state index contributed by atoms with van der Waals surface area (Å²) >= 11 is 0. The molecule has 3 nitrogen and oxygen atoms in total. The third-order valence-corrected chi connectivity index (χ3v) is 6.54. The normalized spacial score (nSPS) is 12.2. The smallest absolute Gasteiger partial charge is 0.305 e. The predicted molar refractivity (Wildman–Crippen MR) is 135 cm³/mol. The molecule has 1 N–H and O–H groups in total. The van der Waals surface area contributed by atoms with Gasteiger partial charge in [0.25, 0.3) is 0 Å².